The standard InChI is InChI=1S/C11H10N2O4S/c12-8-4-5-9-7(6-8)2-1-3-10(9)11(14)13-18(15,16)17/h1-6H,12H2,(H,13,14)(H,15,16,17). The molecule has 2 rings (SSSR count). The average Bonchev–Trinajstić information content (AvgIpc) is 2.25. The second-order valence-corrected chi connectivity index (χ2v) is 4.85. The molecule has 0 aliphatic carbocycles. The van der Waals surface area contributed by atoms with Crippen molar-refractivity contribution in [2.75, 3.05) is 5.73 Å². The van der Waals surface area contributed by atoms with Crippen LogP contribution in [0.5, 0.6) is 0 Å². The van der Waals surface area contributed by atoms with Gasteiger partial charge in [0.2, 0.25) is 0 Å². The van der Waals surface area contributed by atoms with E-state index in [0.29, 0.717) is 16.5 Å². The van der Waals surface area contributed by atoms with Gasteiger partial charge >= 0.3 is 10.3 Å². The van der Waals surface area contributed by atoms with Crippen LogP contribution in [-0.2, 0) is 10.3 Å². The van der Waals surface area contributed by atoms with Crippen molar-refractivity contribution in [2.24, 2.45) is 0 Å². The molecular weight excluding hydrogens is 256 g/mol. The van der Waals surface area contributed by atoms with Crippen molar-refractivity contribution in [3.05, 3.63) is 42.0 Å². The van der Waals surface area contributed by atoms with Gasteiger partial charge < -0.3 is 5.73 Å². The number of rotatable bonds is 2. The summed E-state index contributed by atoms with van der Waals surface area (Å²) in [5.74, 6) is -0.895. The number of anilines is 1. The van der Waals surface area contributed by atoms with Crippen molar-refractivity contribution >= 4 is 32.7 Å². The van der Waals surface area contributed by atoms with Gasteiger partial charge in [0.25, 0.3) is 5.91 Å². The molecule has 2 aromatic rings. The molecule has 0 fully saturated rings. The van der Waals surface area contributed by atoms with Crippen LogP contribution in [0.3, 0.4) is 0 Å². The number of carbonyl (C=O) groups excluding carboxylic acids is 1. The van der Waals surface area contributed by atoms with Crippen LogP contribution in [0.15, 0.2) is 36.4 Å². The number of fused-ring (bicyclic) bond motifs is 1. The minimum atomic E-state index is -4.57. The predicted molar refractivity (Wildman–Crippen MR) is 67.4 cm³/mol. The average molecular weight is 266 g/mol. The summed E-state index contributed by atoms with van der Waals surface area (Å²) in [5, 5.41) is 1.26. The lowest BCUT2D eigenvalue weighted by Gasteiger charge is -2.06. The summed E-state index contributed by atoms with van der Waals surface area (Å²) >= 11 is 0. The monoisotopic (exact) mass is 266 g/mol. The molecule has 0 bridgehead atoms. The Morgan fingerprint density at radius 3 is 2.61 bits per heavy atom. The highest BCUT2D eigenvalue weighted by Gasteiger charge is 2.14. The van der Waals surface area contributed by atoms with Gasteiger partial charge in [-0.2, -0.15) is 8.42 Å². The minimum absolute atomic E-state index is 0.144. The Morgan fingerprint density at radius 2 is 1.94 bits per heavy atom. The maximum Gasteiger partial charge on any atom is 0.359 e. The van der Waals surface area contributed by atoms with Crippen molar-refractivity contribution in [1.82, 2.24) is 4.72 Å². The third-order valence-electron chi connectivity index (χ3n) is 2.37. The molecule has 4 N–H and O–H groups in total. The normalized spacial score (nSPS) is 11.4. The van der Waals surface area contributed by atoms with Gasteiger partial charge in [-0.1, -0.05) is 18.2 Å². The van der Waals surface area contributed by atoms with Crippen molar-refractivity contribution in [3.63, 3.8) is 0 Å². The molecule has 0 aromatic heterocycles. The van der Waals surface area contributed by atoms with Gasteiger partial charge in [0, 0.05) is 11.3 Å². The fourth-order valence-electron chi connectivity index (χ4n) is 1.67. The van der Waals surface area contributed by atoms with Crippen LogP contribution in [0.25, 0.3) is 10.8 Å². The second-order valence-electron chi connectivity index (χ2n) is 3.69. The first-order valence-corrected chi connectivity index (χ1v) is 6.38. The van der Waals surface area contributed by atoms with E-state index in [-0.39, 0.29) is 5.56 Å². The maximum absolute atomic E-state index is 11.7. The summed E-state index contributed by atoms with van der Waals surface area (Å²) in [7, 11) is -4.57. The first kappa shape index (κ1) is 12.3. The molecule has 0 unspecified atom stereocenters. The van der Waals surface area contributed by atoms with E-state index in [0.717, 1.165) is 0 Å². The Morgan fingerprint density at radius 1 is 1.22 bits per heavy atom. The lowest BCUT2D eigenvalue weighted by Crippen LogP contribution is -2.29. The van der Waals surface area contributed by atoms with E-state index >= 15 is 0 Å². The van der Waals surface area contributed by atoms with Crippen LogP contribution >= 0.6 is 0 Å². The predicted octanol–water partition coefficient (Wildman–Crippen LogP) is 0.955. The van der Waals surface area contributed by atoms with Gasteiger partial charge in [0.05, 0.1) is 0 Å². The third kappa shape index (κ3) is 2.58. The molecule has 7 heteroatoms. The van der Waals surface area contributed by atoms with Crippen molar-refractivity contribution in [2.45, 2.75) is 0 Å². The number of nitrogen functional groups attached to an aromatic ring is 1. The lowest BCUT2D eigenvalue weighted by atomic mass is 10.0. The van der Waals surface area contributed by atoms with E-state index in [1.54, 1.807) is 30.3 Å². The smallest absolute Gasteiger partial charge is 0.359 e. The van der Waals surface area contributed by atoms with Gasteiger partial charge in [-0.15, -0.1) is 0 Å². The number of carbonyl (C=O) groups is 1. The van der Waals surface area contributed by atoms with E-state index in [2.05, 4.69) is 0 Å². The van der Waals surface area contributed by atoms with Crippen molar-refractivity contribution < 1.29 is 17.8 Å². The first-order valence-electron chi connectivity index (χ1n) is 4.94. The van der Waals surface area contributed by atoms with E-state index < -0.39 is 16.2 Å². The Bertz CT molecular complexity index is 725. The Balaban J connectivity index is 2.55. The first-order chi connectivity index (χ1) is 8.37. The largest absolute Gasteiger partial charge is 0.399 e. The molecule has 0 saturated heterocycles. The summed E-state index contributed by atoms with van der Waals surface area (Å²) in [6.45, 7) is 0. The second kappa shape index (κ2) is 4.28. The quantitative estimate of drug-likeness (QED) is 0.554. The molecule has 2 aromatic carbocycles. The van der Waals surface area contributed by atoms with E-state index in [1.807, 2.05) is 0 Å². The molecule has 0 radical (unpaired) electrons. The maximum atomic E-state index is 11.7. The van der Waals surface area contributed by atoms with E-state index in [9.17, 15) is 13.2 Å². The van der Waals surface area contributed by atoms with Crippen LogP contribution < -0.4 is 10.5 Å². The fourth-order valence-corrected chi connectivity index (χ4v) is 2.02. The van der Waals surface area contributed by atoms with Gasteiger partial charge in [-0.05, 0) is 29.0 Å². The molecule has 0 saturated carbocycles. The Labute approximate surface area is 103 Å². The van der Waals surface area contributed by atoms with Gasteiger partial charge in [-0.3, -0.25) is 9.35 Å². The summed E-state index contributed by atoms with van der Waals surface area (Å²) < 4.78 is 31.3. The summed E-state index contributed by atoms with van der Waals surface area (Å²) in [6, 6.07) is 9.69. The molecule has 0 aliphatic rings. The van der Waals surface area contributed by atoms with Gasteiger partial charge in [0.1, 0.15) is 0 Å². The number of nitrogens with two attached hydrogens (primary N) is 1. The highest BCUT2D eigenvalue weighted by atomic mass is 32.2. The number of hydrogen-bond acceptors (Lipinski definition) is 4. The molecule has 18 heavy (non-hydrogen) atoms. The molecular formula is C11H10N2O4S. The fraction of sp³-hybridized carbons (Fsp3) is 0. The molecule has 0 heterocycles. The van der Waals surface area contributed by atoms with Crippen LogP contribution in [-0.4, -0.2) is 18.9 Å². The number of amides is 1. The number of nitrogens with one attached hydrogen (secondary N) is 1. The third-order valence-corrected chi connectivity index (χ3v) is 2.81. The lowest BCUT2D eigenvalue weighted by molar-refractivity contribution is 0.0980. The van der Waals surface area contributed by atoms with Gasteiger partial charge in [0.15, 0.2) is 0 Å². The Hall–Kier alpha value is -2.12. The van der Waals surface area contributed by atoms with Crippen LogP contribution in [0.4, 0.5) is 5.69 Å². The highest BCUT2D eigenvalue weighted by molar-refractivity contribution is 7.84. The zero-order chi connectivity index (χ0) is 13.3. The number of benzene rings is 2. The summed E-state index contributed by atoms with van der Waals surface area (Å²) in [5.41, 5.74) is 6.30. The zero-order valence-electron chi connectivity index (χ0n) is 9.12. The van der Waals surface area contributed by atoms with Gasteiger partial charge in [-0.25, -0.2) is 4.72 Å². The number of hydrogen-bond donors (Lipinski definition) is 3. The van der Waals surface area contributed by atoms with Crippen LogP contribution in [0.1, 0.15) is 10.4 Å². The SMILES string of the molecule is Nc1ccc2c(C(=O)NS(=O)(=O)O)cccc2c1. The minimum Gasteiger partial charge on any atom is -0.399 e. The molecule has 0 spiro atoms. The van der Waals surface area contributed by atoms with Crippen LogP contribution in [0.2, 0.25) is 0 Å². The van der Waals surface area contributed by atoms with Crippen molar-refractivity contribution in [3.8, 4) is 0 Å². The summed E-state index contributed by atoms with van der Waals surface area (Å²) in [4.78, 5) is 11.7. The zero-order valence-corrected chi connectivity index (χ0v) is 9.94. The molecule has 0 atom stereocenters. The van der Waals surface area contributed by atoms with Crippen LogP contribution in [0, 0.1) is 0 Å². The van der Waals surface area contributed by atoms with E-state index in [4.69, 9.17) is 10.3 Å². The molecule has 1 amide bonds. The van der Waals surface area contributed by atoms with E-state index in [1.165, 1.54) is 10.8 Å². The van der Waals surface area contributed by atoms with Crippen molar-refractivity contribution in [1.29, 1.82) is 0 Å². The molecule has 0 aliphatic heterocycles. The molecule has 94 valence electrons. The topological polar surface area (TPSA) is 109 Å². The Kier molecular flexibility index (Phi) is 2.93. The summed E-state index contributed by atoms with van der Waals surface area (Å²) in [6.07, 6.45) is 0. The molecule has 6 nitrogen and oxygen atoms in total. The highest BCUT2D eigenvalue weighted by Crippen LogP contribution is 2.21.